The van der Waals surface area contributed by atoms with Gasteiger partial charge in [0.25, 0.3) is 0 Å². The molecule has 2 heterocycles. The van der Waals surface area contributed by atoms with Gasteiger partial charge in [0.1, 0.15) is 0 Å². The summed E-state index contributed by atoms with van der Waals surface area (Å²) in [5.74, 6) is -0.00845. The molecule has 2 saturated heterocycles. The van der Waals surface area contributed by atoms with Crippen LogP contribution in [0.5, 0.6) is 0 Å². The lowest BCUT2D eigenvalue weighted by molar-refractivity contribution is 0.00578. The Morgan fingerprint density at radius 3 is 2.11 bits per heavy atom. The summed E-state index contributed by atoms with van der Waals surface area (Å²) < 4.78 is 45.0. The Labute approximate surface area is 163 Å². The second kappa shape index (κ2) is 7.15. The van der Waals surface area contributed by atoms with Gasteiger partial charge >= 0.3 is 7.12 Å². The molecule has 1 aromatic carbocycles. The standard InChI is InChI=1S/C19H30BNO5S/c1-13(2)27(22,23)21-17-12-24-11-16(17)14-7-9-15(10-8-14)20-25-18(3,4)19(5,6)26-20/h7-10,13,16-17,21H,11-12H2,1-6H3/t16-,17+/m0/s1. The average Bonchev–Trinajstić information content (AvgIpc) is 3.09. The Morgan fingerprint density at radius 2 is 1.59 bits per heavy atom. The molecule has 0 unspecified atom stereocenters. The molecule has 3 rings (SSSR count). The van der Waals surface area contributed by atoms with Crippen LogP contribution in [0.3, 0.4) is 0 Å². The Balaban J connectivity index is 1.74. The van der Waals surface area contributed by atoms with Gasteiger partial charge < -0.3 is 14.0 Å². The van der Waals surface area contributed by atoms with E-state index >= 15 is 0 Å². The maximum absolute atomic E-state index is 12.2. The Kier molecular flexibility index (Phi) is 5.51. The predicted molar refractivity (Wildman–Crippen MR) is 107 cm³/mol. The van der Waals surface area contributed by atoms with Gasteiger partial charge in [-0.15, -0.1) is 0 Å². The quantitative estimate of drug-likeness (QED) is 0.770. The van der Waals surface area contributed by atoms with Gasteiger partial charge in [0.2, 0.25) is 10.0 Å². The summed E-state index contributed by atoms with van der Waals surface area (Å²) in [4.78, 5) is 0. The van der Waals surface area contributed by atoms with Gasteiger partial charge in [-0.25, -0.2) is 13.1 Å². The molecule has 2 aliphatic rings. The molecule has 1 aromatic rings. The second-order valence-corrected chi connectivity index (χ2v) is 11.0. The maximum atomic E-state index is 12.2. The van der Waals surface area contributed by atoms with Gasteiger partial charge in [0, 0.05) is 5.92 Å². The number of ether oxygens (including phenoxy) is 1. The van der Waals surface area contributed by atoms with Crippen LogP contribution >= 0.6 is 0 Å². The fraction of sp³-hybridized carbons (Fsp3) is 0.684. The number of hydrogen-bond donors (Lipinski definition) is 1. The van der Waals surface area contributed by atoms with Crippen LogP contribution in [0.4, 0.5) is 0 Å². The zero-order valence-electron chi connectivity index (χ0n) is 17.0. The van der Waals surface area contributed by atoms with E-state index in [1.165, 1.54) is 0 Å². The monoisotopic (exact) mass is 395 g/mol. The average molecular weight is 395 g/mol. The van der Waals surface area contributed by atoms with Crippen molar-refractivity contribution in [2.45, 2.75) is 70.0 Å². The first kappa shape index (κ1) is 20.8. The zero-order valence-corrected chi connectivity index (χ0v) is 17.8. The van der Waals surface area contributed by atoms with Crippen molar-refractivity contribution in [2.24, 2.45) is 0 Å². The van der Waals surface area contributed by atoms with Gasteiger partial charge in [0.15, 0.2) is 0 Å². The van der Waals surface area contributed by atoms with Crippen LogP contribution in [0.25, 0.3) is 0 Å². The van der Waals surface area contributed by atoms with Crippen LogP contribution in [0.2, 0.25) is 0 Å². The third-order valence-corrected chi connectivity index (χ3v) is 7.78. The molecule has 0 bridgehead atoms. The maximum Gasteiger partial charge on any atom is 0.494 e. The highest BCUT2D eigenvalue weighted by Gasteiger charge is 2.51. The summed E-state index contributed by atoms with van der Waals surface area (Å²) in [7, 11) is -3.74. The lowest BCUT2D eigenvalue weighted by atomic mass is 9.78. The van der Waals surface area contributed by atoms with E-state index in [1.54, 1.807) is 13.8 Å². The summed E-state index contributed by atoms with van der Waals surface area (Å²) in [6.45, 7) is 12.4. The van der Waals surface area contributed by atoms with E-state index in [2.05, 4.69) is 4.72 Å². The van der Waals surface area contributed by atoms with Crippen molar-refractivity contribution in [3.8, 4) is 0 Å². The summed E-state index contributed by atoms with van der Waals surface area (Å²) in [6, 6.07) is 7.75. The molecule has 0 amide bonds. The highest BCUT2D eigenvalue weighted by molar-refractivity contribution is 7.90. The fourth-order valence-corrected chi connectivity index (χ4v) is 4.15. The van der Waals surface area contributed by atoms with Crippen LogP contribution in [0.15, 0.2) is 24.3 Å². The minimum absolute atomic E-state index is 0.00845. The van der Waals surface area contributed by atoms with E-state index < -0.39 is 22.4 Å². The minimum Gasteiger partial charge on any atom is -0.399 e. The SMILES string of the molecule is CC(C)S(=O)(=O)N[C@@H]1COC[C@H]1c1ccc(B2OC(C)(C)C(C)(C)O2)cc1. The second-order valence-electron chi connectivity index (χ2n) is 8.72. The van der Waals surface area contributed by atoms with Crippen molar-refractivity contribution in [2.75, 3.05) is 13.2 Å². The molecular formula is C19H30BNO5S. The smallest absolute Gasteiger partial charge is 0.399 e. The molecule has 0 saturated carbocycles. The van der Waals surface area contributed by atoms with Crippen molar-refractivity contribution < 1.29 is 22.5 Å². The van der Waals surface area contributed by atoms with E-state index in [4.69, 9.17) is 14.0 Å². The number of nitrogens with one attached hydrogen (secondary N) is 1. The van der Waals surface area contributed by atoms with Gasteiger partial charge in [0.05, 0.1) is 35.7 Å². The van der Waals surface area contributed by atoms with Crippen LogP contribution in [0, 0.1) is 0 Å². The van der Waals surface area contributed by atoms with Crippen LogP contribution < -0.4 is 10.2 Å². The van der Waals surface area contributed by atoms with Crippen LogP contribution in [0.1, 0.15) is 53.0 Å². The predicted octanol–water partition coefficient (Wildman–Crippen LogP) is 1.80. The molecular weight excluding hydrogens is 365 g/mol. The number of sulfonamides is 1. The van der Waals surface area contributed by atoms with Crippen molar-refractivity contribution in [3.63, 3.8) is 0 Å². The third kappa shape index (κ3) is 4.10. The van der Waals surface area contributed by atoms with Gasteiger partial charge in [-0.2, -0.15) is 0 Å². The van der Waals surface area contributed by atoms with Crippen molar-refractivity contribution in [3.05, 3.63) is 29.8 Å². The Bertz CT molecular complexity index is 760. The summed E-state index contributed by atoms with van der Waals surface area (Å²) in [5, 5.41) is -0.468. The normalized spacial score (nSPS) is 27.4. The first-order valence-electron chi connectivity index (χ1n) is 9.47. The summed E-state index contributed by atoms with van der Waals surface area (Å²) in [6.07, 6.45) is 0. The number of rotatable bonds is 5. The van der Waals surface area contributed by atoms with E-state index in [0.717, 1.165) is 11.0 Å². The van der Waals surface area contributed by atoms with Crippen LogP contribution in [-0.4, -0.2) is 51.2 Å². The Hall–Kier alpha value is -0.925. The Morgan fingerprint density at radius 1 is 1.04 bits per heavy atom. The molecule has 2 atom stereocenters. The molecule has 0 spiro atoms. The van der Waals surface area contributed by atoms with E-state index in [0.29, 0.717) is 13.2 Å². The van der Waals surface area contributed by atoms with Gasteiger partial charge in [-0.1, -0.05) is 24.3 Å². The first-order valence-corrected chi connectivity index (χ1v) is 11.0. The lowest BCUT2D eigenvalue weighted by Crippen LogP contribution is -2.42. The minimum atomic E-state index is -3.34. The van der Waals surface area contributed by atoms with Gasteiger partial charge in [-0.3, -0.25) is 0 Å². The molecule has 6 nitrogen and oxygen atoms in total. The molecule has 0 radical (unpaired) electrons. The van der Waals surface area contributed by atoms with Crippen LogP contribution in [-0.2, 0) is 24.1 Å². The van der Waals surface area contributed by atoms with Crippen molar-refractivity contribution >= 4 is 22.6 Å². The van der Waals surface area contributed by atoms with E-state index in [-0.39, 0.29) is 23.2 Å². The molecule has 0 aromatic heterocycles. The van der Waals surface area contributed by atoms with Crippen molar-refractivity contribution in [1.82, 2.24) is 4.72 Å². The van der Waals surface area contributed by atoms with E-state index in [9.17, 15) is 8.42 Å². The molecule has 150 valence electrons. The highest BCUT2D eigenvalue weighted by atomic mass is 32.2. The van der Waals surface area contributed by atoms with Crippen molar-refractivity contribution in [1.29, 1.82) is 0 Å². The molecule has 8 heteroatoms. The van der Waals surface area contributed by atoms with E-state index in [1.807, 2.05) is 52.0 Å². The molecule has 2 aliphatic heterocycles. The zero-order chi connectivity index (χ0) is 20.0. The largest absolute Gasteiger partial charge is 0.494 e. The molecule has 27 heavy (non-hydrogen) atoms. The summed E-state index contributed by atoms with van der Waals surface area (Å²) >= 11 is 0. The van der Waals surface area contributed by atoms with Gasteiger partial charge in [-0.05, 0) is 52.6 Å². The molecule has 1 N–H and O–H groups in total. The number of benzene rings is 1. The molecule has 0 aliphatic carbocycles. The fourth-order valence-electron chi connectivity index (χ4n) is 3.23. The lowest BCUT2D eigenvalue weighted by Gasteiger charge is -2.32. The highest BCUT2D eigenvalue weighted by Crippen LogP contribution is 2.36. The topological polar surface area (TPSA) is 73.9 Å². The number of hydrogen-bond acceptors (Lipinski definition) is 5. The first-order chi connectivity index (χ1) is 12.4. The summed E-state index contributed by atoms with van der Waals surface area (Å²) in [5.41, 5.74) is 1.24. The molecule has 2 fully saturated rings. The third-order valence-electron chi connectivity index (χ3n) is 5.91.